The van der Waals surface area contributed by atoms with Gasteiger partial charge in [0.15, 0.2) is 5.96 Å². The highest BCUT2D eigenvalue weighted by atomic mass is 127. The topological polar surface area (TPSA) is 30.9 Å². The summed E-state index contributed by atoms with van der Waals surface area (Å²) in [6, 6.07) is 0. The van der Waals surface area contributed by atoms with Crippen molar-refractivity contribution >= 4 is 29.9 Å². The van der Waals surface area contributed by atoms with Crippen LogP contribution in [0.25, 0.3) is 0 Å². The quantitative estimate of drug-likeness (QED) is 0.272. The van der Waals surface area contributed by atoms with E-state index in [4.69, 9.17) is 0 Å². The number of nitrogens with zero attached hydrogens (tertiary/aromatic N) is 3. The Bertz CT molecular complexity index is 312. The van der Waals surface area contributed by atoms with E-state index in [0.29, 0.717) is 0 Å². The third-order valence-electron chi connectivity index (χ3n) is 4.55. The molecule has 0 bridgehead atoms. The lowest BCUT2D eigenvalue weighted by Crippen LogP contribution is -2.40. The van der Waals surface area contributed by atoms with E-state index in [1.54, 1.807) is 0 Å². The average Bonchev–Trinajstić information content (AvgIpc) is 2.47. The molecule has 1 aliphatic heterocycles. The van der Waals surface area contributed by atoms with Crippen molar-refractivity contribution < 1.29 is 0 Å². The second kappa shape index (κ2) is 13.3. The van der Waals surface area contributed by atoms with Crippen LogP contribution in [0.1, 0.15) is 52.9 Å². The van der Waals surface area contributed by atoms with E-state index >= 15 is 0 Å². The summed E-state index contributed by atoms with van der Waals surface area (Å²) >= 11 is 0. The van der Waals surface area contributed by atoms with E-state index in [1.807, 2.05) is 7.05 Å². The van der Waals surface area contributed by atoms with Gasteiger partial charge in [0.25, 0.3) is 0 Å². The van der Waals surface area contributed by atoms with Crippen molar-refractivity contribution in [3.05, 3.63) is 0 Å². The first-order chi connectivity index (χ1) is 10.6. The Labute approximate surface area is 161 Å². The molecule has 138 valence electrons. The summed E-state index contributed by atoms with van der Waals surface area (Å²) in [4.78, 5) is 9.26. The van der Waals surface area contributed by atoms with Crippen LogP contribution in [0.5, 0.6) is 0 Å². The van der Waals surface area contributed by atoms with Gasteiger partial charge >= 0.3 is 0 Å². The van der Waals surface area contributed by atoms with Gasteiger partial charge < -0.3 is 15.1 Å². The zero-order valence-corrected chi connectivity index (χ0v) is 18.3. The highest BCUT2D eigenvalue weighted by Crippen LogP contribution is 2.20. The van der Waals surface area contributed by atoms with Gasteiger partial charge in [0.2, 0.25) is 0 Å². The maximum Gasteiger partial charge on any atom is 0.193 e. The Morgan fingerprint density at radius 1 is 1.17 bits per heavy atom. The number of rotatable bonds is 8. The second-order valence-corrected chi connectivity index (χ2v) is 7.16. The Morgan fingerprint density at radius 2 is 1.83 bits per heavy atom. The van der Waals surface area contributed by atoms with Gasteiger partial charge in [0, 0.05) is 40.3 Å². The lowest BCUT2D eigenvalue weighted by molar-refractivity contribution is 0.139. The fraction of sp³-hybridized carbons (Fsp3) is 0.944. The van der Waals surface area contributed by atoms with Crippen LogP contribution in [0.4, 0.5) is 0 Å². The number of halogens is 1. The van der Waals surface area contributed by atoms with E-state index in [2.05, 4.69) is 47.9 Å². The molecule has 2 atom stereocenters. The first kappa shape index (κ1) is 23.0. The van der Waals surface area contributed by atoms with Crippen molar-refractivity contribution in [1.82, 2.24) is 15.1 Å². The Hall–Kier alpha value is -0.0400. The summed E-state index contributed by atoms with van der Waals surface area (Å²) < 4.78 is 0. The number of likely N-dealkylation sites (tertiary alicyclic amines) is 1. The summed E-state index contributed by atoms with van der Waals surface area (Å²) in [6.07, 6.45) is 6.36. The standard InChI is InChI=1S/C18H38N4.HI/c1-6-7-11-21(5)18(19-4)20-10-8-9-12-22-14-16(2)13-17(3)15-22;/h16-17H,6-15H2,1-5H3,(H,19,20);1H. The molecule has 0 aromatic heterocycles. The van der Waals surface area contributed by atoms with Crippen LogP contribution < -0.4 is 5.32 Å². The van der Waals surface area contributed by atoms with E-state index in [9.17, 15) is 0 Å². The van der Waals surface area contributed by atoms with Gasteiger partial charge in [-0.1, -0.05) is 27.2 Å². The van der Waals surface area contributed by atoms with Crippen LogP contribution in [0.15, 0.2) is 4.99 Å². The maximum absolute atomic E-state index is 4.37. The predicted molar refractivity (Wildman–Crippen MR) is 113 cm³/mol. The van der Waals surface area contributed by atoms with Crippen LogP contribution in [-0.2, 0) is 0 Å². The van der Waals surface area contributed by atoms with Gasteiger partial charge in [-0.2, -0.15) is 0 Å². The fourth-order valence-corrected chi connectivity index (χ4v) is 3.52. The molecule has 4 nitrogen and oxygen atoms in total. The average molecular weight is 438 g/mol. The van der Waals surface area contributed by atoms with Crippen LogP contribution in [0.3, 0.4) is 0 Å². The summed E-state index contributed by atoms with van der Waals surface area (Å²) in [5.41, 5.74) is 0. The Morgan fingerprint density at radius 3 is 2.39 bits per heavy atom. The lowest BCUT2D eigenvalue weighted by Gasteiger charge is -2.35. The molecule has 0 amide bonds. The van der Waals surface area contributed by atoms with Crippen molar-refractivity contribution in [2.75, 3.05) is 46.8 Å². The number of nitrogens with one attached hydrogen (secondary N) is 1. The molecule has 0 spiro atoms. The molecule has 1 saturated heterocycles. The second-order valence-electron chi connectivity index (χ2n) is 7.16. The molecule has 0 saturated carbocycles. The van der Waals surface area contributed by atoms with Crippen LogP contribution in [0, 0.1) is 11.8 Å². The van der Waals surface area contributed by atoms with Crippen molar-refractivity contribution in [1.29, 1.82) is 0 Å². The van der Waals surface area contributed by atoms with Crippen LogP contribution in [-0.4, -0.2) is 62.6 Å². The third kappa shape index (κ3) is 9.75. The van der Waals surface area contributed by atoms with E-state index in [-0.39, 0.29) is 24.0 Å². The van der Waals surface area contributed by atoms with Crippen molar-refractivity contribution in [2.45, 2.75) is 52.9 Å². The number of unbranched alkanes of at least 4 members (excludes halogenated alkanes) is 2. The molecule has 23 heavy (non-hydrogen) atoms. The molecule has 5 heteroatoms. The molecule has 2 unspecified atom stereocenters. The summed E-state index contributed by atoms with van der Waals surface area (Å²) in [5.74, 6) is 2.77. The minimum absolute atomic E-state index is 0. The highest BCUT2D eigenvalue weighted by Gasteiger charge is 2.20. The molecule has 1 fully saturated rings. The van der Waals surface area contributed by atoms with Gasteiger partial charge in [-0.05, 0) is 44.1 Å². The first-order valence-electron chi connectivity index (χ1n) is 9.20. The van der Waals surface area contributed by atoms with Crippen molar-refractivity contribution in [2.24, 2.45) is 16.8 Å². The summed E-state index contributed by atoms with van der Waals surface area (Å²) in [6.45, 7) is 13.0. The number of guanidine groups is 1. The number of hydrogen-bond acceptors (Lipinski definition) is 2. The summed E-state index contributed by atoms with van der Waals surface area (Å²) in [7, 11) is 4.00. The molecular weight excluding hydrogens is 399 g/mol. The molecule has 1 rings (SSSR count). The zero-order chi connectivity index (χ0) is 16.4. The van der Waals surface area contributed by atoms with Gasteiger partial charge in [-0.3, -0.25) is 4.99 Å². The molecule has 0 aromatic rings. The minimum Gasteiger partial charge on any atom is -0.356 e. The van der Waals surface area contributed by atoms with E-state index in [0.717, 1.165) is 30.9 Å². The Balaban J connectivity index is 0.00000484. The number of aliphatic imine (C=N–C) groups is 1. The molecule has 0 aliphatic carbocycles. The summed E-state index contributed by atoms with van der Waals surface area (Å²) in [5, 5.41) is 3.49. The SMILES string of the molecule is CCCCN(C)C(=NC)NCCCCN1CC(C)CC(C)C1.I. The van der Waals surface area contributed by atoms with E-state index < -0.39 is 0 Å². The Kier molecular flexibility index (Phi) is 13.3. The number of hydrogen-bond donors (Lipinski definition) is 1. The molecule has 0 aromatic carbocycles. The zero-order valence-electron chi connectivity index (χ0n) is 16.0. The van der Waals surface area contributed by atoms with Gasteiger partial charge in [0.05, 0.1) is 0 Å². The van der Waals surface area contributed by atoms with Crippen molar-refractivity contribution in [3.8, 4) is 0 Å². The predicted octanol–water partition coefficient (Wildman–Crippen LogP) is 3.67. The van der Waals surface area contributed by atoms with E-state index in [1.165, 1.54) is 51.7 Å². The highest BCUT2D eigenvalue weighted by molar-refractivity contribution is 14.0. The van der Waals surface area contributed by atoms with Gasteiger partial charge in [-0.15, -0.1) is 24.0 Å². The van der Waals surface area contributed by atoms with Gasteiger partial charge in [-0.25, -0.2) is 0 Å². The molecule has 1 aliphatic rings. The smallest absolute Gasteiger partial charge is 0.193 e. The molecule has 1 N–H and O–H groups in total. The number of piperidine rings is 1. The lowest BCUT2D eigenvalue weighted by atomic mass is 9.92. The monoisotopic (exact) mass is 438 g/mol. The molecule has 1 heterocycles. The maximum atomic E-state index is 4.37. The largest absolute Gasteiger partial charge is 0.356 e. The first-order valence-corrected chi connectivity index (χ1v) is 9.20. The molecule has 0 radical (unpaired) electrons. The third-order valence-corrected chi connectivity index (χ3v) is 4.55. The van der Waals surface area contributed by atoms with Crippen LogP contribution >= 0.6 is 24.0 Å². The molecular formula is C18H39IN4. The fourth-order valence-electron chi connectivity index (χ4n) is 3.52. The van der Waals surface area contributed by atoms with Crippen LogP contribution in [0.2, 0.25) is 0 Å². The minimum atomic E-state index is 0. The van der Waals surface area contributed by atoms with Crippen molar-refractivity contribution in [3.63, 3.8) is 0 Å². The van der Waals surface area contributed by atoms with Gasteiger partial charge in [0.1, 0.15) is 0 Å². The normalized spacial score (nSPS) is 22.6.